The number of halogens is 1. The Morgan fingerprint density at radius 1 is 1.23 bits per heavy atom. The Hall–Kier alpha value is -0.630. The van der Waals surface area contributed by atoms with Crippen molar-refractivity contribution in [2.24, 2.45) is 5.92 Å². The van der Waals surface area contributed by atoms with Gasteiger partial charge in [0.25, 0.3) is 0 Å². The molecule has 0 aliphatic heterocycles. The van der Waals surface area contributed by atoms with Gasteiger partial charge >= 0.3 is 0 Å². The number of ketones is 1. The number of Topliss-reactive ketones (excluding diaryl/α,β-unsaturated/α-hetero) is 1. The largest absolute Gasteiger partial charge is 0.298 e. The van der Waals surface area contributed by atoms with Gasteiger partial charge in [0.1, 0.15) is 0 Å². The first-order valence-electron chi connectivity index (χ1n) is 4.35. The molecule has 1 unspecified atom stereocenters. The molecule has 1 rings (SSSR count). The second-order valence-corrected chi connectivity index (χ2v) is 4.25. The standard InChI is InChI=1S/C11H13BrO/c1-8(2)11(13)10(12)9-6-4-3-5-7-9/h3-8,10H,1-2H3. The predicted octanol–water partition coefficient (Wildman–Crippen LogP) is 3.35. The molecule has 1 atom stereocenters. The summed E-state index contributed by atoms with van der Waals surface area (Å²) in [5.41, 5.74) is 1.03. The zero-order chi connectivity index (χ0) is 9.84. The molecule has 0 radical (unpaired) electrons. The Kier molecular flexibility index (Phi) is 3.67. The number of hydrogen-bond acceptors (Lipinski definition) is 1. The fourth-order valence-electron chi connectivity index (χ4n) is 1.08. The normalized spacial score (nSPS) is 12.9. The monoisotopic (exact) mass is 240 g/mol. The highest BCUT2D eigenvalue weighted by Crippen LogP contribution is 2.26. The SMILES string of the molecule is CC(C)C(=O)C(Br)c1ccccc1. The summed E-state index contributed by atoms with van der Waals surface area (Å²) in [5, 5.41) is 0. The summed E-state index contributed by atoms with van der Waals surface area (Å²) in [4.78, 5) is 11.4. The average molecular weight is 241 g/mol. The van der Waals surface area contributed by atoms with Gasteiger partial charge in [0.2, 0.25) is 0 Å². The third-order valence-corrected chi connectivity index (χ3v) is 2.89. The van der Waals surface area contributed by atoms with Gasteiger partial charge in [0.05, 0.1) is 4.83 Å². The van der Waals surface area contributed by atoms with Gasteiger partial charge in [0.15, 0.2) is 5.78 Å². The second-order valence-electron chi connectivity index (χ2n) is 3.33. The minimum atomic E-state index is -0.159. The van der Waals surface area contributed by atoms with Gasteiger partial charge in [-0.25, -0.2) is 0 Å². The van der Waals surface area contributed by atoms with Gasteiger partial charge in [-0.05, 0) is 5.56 Å². The minimum absolute atomic E-state index is 0.0737. The highest BCUT2D eigenvalue weighted by atomic mass is 79.9. The van der Waals surface area contributed by atoms with Gasteiger partial charge in [0, 0.05) is 5.92 Å². The molecule has 13 heavy (non-hydrogen) atoms. The second kappa shape index (κ2) is 4.56. The van der Waals surface area contributed by atoms with Crippen LogP contribution in [0.4, 0.5) is 0 Å². The summed E-state index contributed by atoms with van der Waals surface area (Å²) >= 11 is 3.40. The maximum absolute atomic E-state index is 11.6. The lowest BCUT2D eigenvalue weighted by molar-refractivity contribution is -0.121. The highest BCUT2D eigenvalue weighted by Gasteiger charge is 2.19. The lowest BCUT2D eigenvalue weighted by atomic mass is 10.0. The first kappa shape index (κ1) is 10.5. The van der Waals surface area contributed by atoms with Crippen LogP contribution in [0.15, 0.2) is 30.3 Å². The van der Waals surface area contributed by atoms with Crippen LogP contribution in [-0.2, 0) is 4.79 Å². The Labute approximate surface area is 87.3 Å². The number of carbonyl (C=O) groups is 1. The van der Waals surface area contributed by atoms with Crippen molar-refractivity contribution in [3.8, 4) is 0 Å². The van der Waals surface area contributed by atoms with Crippen LogP contribution in [0.3, 0.4) is 0 Å². The van der Waals surface area contributed by atoms with Crippen LogP contribution in [0.5, 0.6) is 0 Å². The molecule has 0 saturated heterocycles. The maximum atomic E-state index is 11.6. The molecule has 0 fully saturated rings. The molecule has 70 valence electrons. The molecular weight excluding hydrogens is 228 g/mol. The van der Waals surface area contributed by atoms with E-state index in [1.54, 1.807) is 0 Å². The van der Waals surface area contributed by atoms with Crippen LogP contribution < -0.4 is 0 Å². The van der Waals surface area contributed by atoms with Gasteiger partial charge in [-0.1, -0.05) is 60.1 Å². The molecule has 1 aromatic carbocycles. The number of carbonyl (C=O) groups excluding carboxylic acids is 1. The molecular formula is C11H13BrO. The van der Waals surface area contributed by atoms with E-state index in [0.717, 1.165) is 5.56 Å². The van der Waals surface area contributed by atoms with Crippen molar-refractivity contribution in [3.05, 3.63) is 35.9 Å². The van der Waals surface area contributed by atoms with E-state index in [1.807, 2.05) is 44.2 Å². The molecule has 0 aromatic heterocycles. The summed E-state index contributed by atoms with van der Waals surface area (Å²) < 4.78 is 0. The summed E-state index contributed by atoms with van der Waals surface area (Å²) in [6.07, 6.45) is 0. The van der Waals surface area contributed by atoms with Crippen LogP contribution in [0, 0.1) is 5.92 Å². The van der Waals surface area contributed by atoms with E-state index in [4.69, 9.17) is 0 Å². The van der Waals surface area contributed by atoms with Crippen molar-refractivity contribution in [1.82, 2.24) is 0 Å². The smallest absolute Gasteiger partial charge is 0.153 e. The molecule has 0 spiro atoms. The van der Waals surface area contributed by atoms with Crippen molar-refractivity contribution < 1.29 is 4.79 Å². The Bertz CT molecular complexity index is 279. The van der Waals surface area contributed by atoms with Crippen molar-refractivity contribution in [3.63, 3.8) is 0 Å². The molecule has 0 N–H and O–H groups in total. The molecule has 0 aliphatic rings. The van der Waals surface area contributed by atoms with Crippen molar-refractivity contribution >= 4 is 21.7 Å². The van der Waals surface area contributed by atoms with Gasteiger partial charge in [-0.15, -0.1) is 0 Å². The van der Waals surface area contributed by atoms with Crippen molar-refractivity contribution in [2.75, 3.05) is 0 Å². The number of benzene rings is 1. The van der Waals surface area contributed by atoms with Crippen molar-refractivity contribution in [1.29, 1.82) is 0 Å². The molecule has 0 saturated carbocycles. The maximum Gasteiger partial charge on any atom is 0.153 e. The summed E-state index contributed by atoms with van der Waals surface area (Å²) in [6, 6.07) is 9.75. The summed E-state index contributed by atoms with van der Waals surface area (Å²) in [6.45, 7) is 3.83. The number of alkyl halides is 1. The number of rotatable bonds is 3. The average Bonchev–Trinajstić information content (AvgIpc) is 2.17. The fraction of sp³-hybridized carbons (Fsp3) is 0.364. The van der Waals surface area contributed by atoms with Gasteiger partial charge in [-0.3, -0.25) is 4.79 Å². The molecule has 0 heterocycles. The van der Waals surface area contributed by atoms with Crippen LogP contribution in [-0.4, -0.2) is 5.78 Å². The minimum Gasteiger partial charge on any atom is -0.298 e. The third-order valence-electron chi connectivity index (χ3n) is 1.91. The lowest BCUT2D eigenvalue weighted by Gasteiger charge is -2.11. The van der Waals surface area contributed by atoms with Crippen molar-refractivity contribution in [2.45, 2.75) is 18.7 Å². The highest BCUT2D eigenvalue weighted by molar-refractivity contribution is 9.09. The zero-order valence-electron chi connectivity index (χ0n) is 7.83. The molecule has 0 aliphatic carbocycles. The van der Waals surface area contributed by atoms with E-state index in [-0.39, 0.29) is 16.5 Å². The van der Waals surface area contributed by atoms with E-state index in [1.165, 1.54) is 0 Å². The van der Waals surface area contributed by atoms with E-state index < -0.39 is 0 Å². The molecule has 1 aromatic rings. The molecule has 2 heteroatoms. The first-order valence-corrected chi connectivity index (χ1v) is 5.27. The summed E-state index contributed by atoms with van der Waals surface area (Å²) in [5.74, 6) is 0.302. The first-order chi connectivity index (χ1) is 6.13. The lowest BCUT2D eigenvalue weighted by Crippen LogP contribution is -2.12. The Morgan fingerprint density at radius 2 is 1.77 bits per heavy atom. The quantitative estimate of drug-likeness (QED) is 0.741. The molecule has 0 bridgehead atoms. The Balaban J connectivity index is 2.80. The third kappa shape index (κ3) is 2.66. The van der Waals surface area contributed by atoms with Gasteiger partial charge in [-0.2, -0.15) is 0 Å². The Morgan fingerprint density at radius 3 is 2.23 bits per heavy atom. The number of hydrogen-bond donors (Lipinski definition) is 0. The predicted molar refractivity (Wildman–Crippen MR) is 58.0 cm³/mol. The van der Waals surface area contributed by atoms with Crippen LogP contribution in [0.2, 0.25) is 0 Å². The molecule has 0 amide bonds. The van der Waals surface area contributed by atoms with Gasteiger partial charge < -0.3 is 0 Å². The van der Waals surface area contributed by atoms with Crippen LogP contribution >= 0.6 is 15.9 Å². The van der Waals surface area contributed by atoms with E-state index in [2.05, 4.69) is 15.9 Å². The van der Waals surface area contributed by atoms with E-state index in [9.17, 15) is 4.79 Å². The fourth-order valence-corrected chi connectivity index (χ4v) is 1.91. The topological polar surface area (TPSA) is 17.1 Å². The van der Waals surface area contributed by atoms with E-state index in [0.29, 0.717) is 0 Å². The zero-order valence-corrected chi connectivity index (χ0v) is 9.41. The molecule has 1 nitrogen and oxygen atoms in total. The van der Waals surface area contributed by atoms with Crippen LogP contribution in [0.1, 0.15) is 24.2 Å². The van der Waals surface area contributed by atoms with Crippen LogP contribution in [0.25, 0.3) is 0 Å². The van der Waals surface area contributed by atoms with E-state index >= 15 is 0 Å². The summed E-state index contributed by atoms with van der Waals surface area (Å²) in [7, 11) is 0.